The second-order valence-corrected chi connectivity index (χ2v) is 5.85. The summed E-state index contributed by atoms with van der Waals surface area (Å²) in [6, 6.07) is 6.31. The van der Waals surface area contributed by atoms with Crippen LogP contribution in [0.25, 0.3) is 0 Å². The Balaban J connectivity index is 2.01. The minimum atomic E-state index is 0.0554. The highest BCUT2D eigenvalue weighted by atomic mass is 16.5. The van der Waals surface area contributed by atoms with Gasteiger partial charge in [0.05, 0.1) is 18.9 Å². The van der Waals surface area contributed by atoms with Crippen molar-refractivity contribution in [3.8, 4) is 0 Å². The molecule has 0 amide bonds. The van der Waals surface area contributed by atoms with Crippen molar-refractivity contribution in [1.82, 2.24) is 9.88 Å². The van der Waals surface area contributed by atoms with Crippen LogP contribution < -0.4 is 5.73 Å². The van der Waals surface area contributed by atoms with Crippen molar-refractivity contribution in [3.63, 3.8) is 0 Å². The molecule has 0 aliphatic carbocycles. The van der Waals surface area contributed by atoms with Gasteiger partial charge in [0.25, 0.3) is 0 Å². The van der Waals surface area contributed by atoms with Crippen molar-refractivity contribution >= 4 is 0 Å². The monoisotopic (exact) mass is 263 g/mol. The van der Waals surface area contributed by atoms with E-state index in [1.165, 1.54) is 0 Å². The summed E-state index contributed by atoms with van der Waals surface area (Å²) in [5, 5.41) is 0. The zero-order valence-electron chi connectivity index (χ0n) is 12.2. The molecular weight excluding hydrogens is 238 g/mol. The lowest BCUT2D eigenvalue weighted by molar-refractivity contribution is 0.117. The van der Waals surface area contributed by atoms with E-state index < -0.39 is 0 Å². The number of ether oxygens (including phenoxy) is 1. The molecule has 1 saturated heterocycles. The Morgan fingerprint density at radius 2 is 2.32 bits per heavy atom. The minimum Gasteiger partial charge on any atom is -0.379 e. The summed E-state index contributed by atoms with van der Waals surface area (Å²) in [7, 11) is 0. The quantitative estimate of drug-likeness (QED) is 0.876. The van der Waals surface area contributed by atoms with Gasteiger partial charge in [-0.25, -0.2) is 0 Å². The number of pyridine rings is 1. The largest absolute Gasteiger partial charge is 0.379 e. The molecule has 2 atom stereocenters. The van der Waals surface area contributed by atoms with E-state index in [9.17, 15) is 0 Å². The fraction of sp³-hybridized carbons (Fsp3) is 0.667. The third-order valence-corrected chi connectivity index (χ3v) is 3.99. The molecule has 2 unspecified atom stereocenters. The Labute approximate surface area is 116 Å². The van der Waals surface area contributed by atoms with E-state index in [0.29, 0.717) is 6.61 Å². The number of hydrogen-bond acceptors (Lipinski definition) is 4. The molecule has 1 aromatic heterocycles. The van der Waals surface area contributed by atoms with E-state index in [1.54, 1.807) is 0 Å². The van der Waals surface area contributed by atoms with Crippen molar-refractivity contribution in [3.05, 3.63) is 29.6 Å². The second-order valence-electron chi connectivity index (χ2n) is 5.85. The summed E-state index contributed by atoms with van der Waals surface area (Å²) in [5.74, 6) is 0. The fourth-order valence-corrected chi connectivity index (χ4v) is 2.60. The van der Waals surface area contributed by atoms with Crippen LogP contribution in [-0.2, 0) is 11.3 Å². The van der Waals surface area contributed by atoms with Crippen LogP contribution in [-0.4, -0.2) is 42.2 Å². The first-order chi connectivity index (χ1) is 9.03. The van der Waals surface area contributed by atoms with Crippen molar-refractivity contribution in [2.45, 2.75) is 33.4 Å². The third kappa shape index (κ3) is 3.53. The van der Waals surface area contributed by atoms with Crippen LogP contribution in [0.5, 0.6) is 0 Å². The highest BCUT2D eigenvalue weighted by Crippen LogP contribution is 2.28. The number of aryl methyl sites for hydroxylation is 1. The summed E-state index contributed by atoms with van der Waals surface area (Å²) in [5.41, 5.74) is 8.41. The Bertz CT molecular complexity index is 424. The van der Waals surface area contributed by atoms with Crippen LogP contribution >= 0.6 is 0 Å². The molecule has 0 aromatic carbocycles. The number of nitrogens with two attached hydrogens (primary N) is 1. The lowest BCUT2D eigenvalue weighted by Crippen LogP contribution is -2.46. The van der Waals surface area contributed by atoms with E-state index in [2.05, 4.69) is 35.9 Å². The first-order valence-corrected chi connectivity index (χ1v) is 7.02. The summed E-state index contributed by atoms with van der Waals surface area (Å²) in [6.07, 6.45) is 0. The van der Waals surface area contributed by atoms with Crippen LogP contribution in [0.4, 0.5) is 0 Å². The maximum atomic E-state index is 6.17. The van der Waals surface area contributed by atoms with Crippen molar-refractivity contribution in [2.24, 2.45) is 11.1 Å². The molecule has 1 aliphatic rings. The van der Waals surface area contributed by atoms with E-state index >= 15 is 0 Å². The Morgan fingerprint density at radius 1 is 1.53 bits per heavy atom. The Kier molecular flexibility index (Phi) is 4.55. The normalized spacial score (nSPS) is 27.1. The molecule has 0 spiro atoms. The molecular formula is C15H25N3O. The van der Waals surface area contributed by atoms with Gasteiger partial charge in [-0.3, -0.25) is 9.88 Å². The molecule has 0 radical (unpaired) electrons. The molecule has 2 rings (SSSR count). The van der Waals surface area contributed by atoms with E-state index in [4.69, 9.17) is 10.5 Å². The summed E-state index contributed by atoms with van der Waals surface area (Å²) in [4.78, 5) is 6.97. The van der Waals surface area contributed by atoms with Crippen molar-refractivity contribution in [1.29, 1.82) is 0 Å². The second kappa shape index (κ2) is 5.99. The maximum absolute atomic E-state index is 6.17. The number of hydrogen-bond donors (Lipinski definition) is 1. The molecule has 1 aromatic rings. The van der Waals surface area contributed by atoms with Gasteiger partial charge in [-0.15, -0.1) is 0 Å². The van der Waals surface area contributed by atoms with Crippen LogP contribution in [0.1, 0.15) is 25.2 Å². The highest BCUT2D eigenvalue weighted by molar-refractivity contribution is 5.10. The van der Waals surface area contributed by atoms with Gasteiger partial charge in [0.1, 0.15) is 0 Å². The van der Waals surface area contributed by atoms with Gasteiger partial charge in [0.2, 0.25) is 0 Å². The zero-order chi connectivity index (χ0) is 13.9. The average molecular weight is 263 g/mol. The van der Waals surface area contributed by atoms with Gasteiger partial charge < -0.3 is 10.5 Å². The van der Waals surface area contributed by atoms with E-state index in [0.717, 1.165) is 37.6 Å². The number of aromatic nitrogens is 1. The van der Waals surface area contributed by atoms with E-state index in [1.807, 2.05) is 13.0 Å². The van der Waals surface area contributed by atoms with Gasteiger partial charge >= 0.3 is 0 Å². The van der Waals surface area contributed by atoms with Gasteiger partial charge in [0, 0.05) is 30.2 Å². The third-order valence-electron chi connectivity index (χ3n) is 3.99. The lowest BCUT2D eigenvalue weighted by Gasteiger charge is -2.33. The van der Waals surface area contributed by atoms with Gasteiger partial charge in [0.15, 0.2) is 0 Å². The van der Waals surface area contributed by atoms with Crippen molar-refractivity contribution in [2.75, 3.05) is 26.3 Å². The standard InChI is InChI=1S/C15H25N3O/c1-4-18(8-13-7-5-6-12(2)17-13)10-15(3)11-19-9-14(15)16/h5-7,14H,4,8-11,16H2,1-3H3. The highest BCUT2D eigenvalue weighted by Gasteiger charge is 2.38. The molecule has 1 fully saturated rings. The molecule has 2 N–H and O–H groups in total. The summed E-state index contributed by atoms with van der Waals surface area (Å²) < 4.78 is 5.52. The van der Waals surface area contributed by atoms with Crippen LogP contribution in [0.3, 0.4) is 0 Å². The summed E-state index contributed by atoms with van der Waals surface area (Å²) in [6.45, 7) is 10.7. The maximum Gasteiger partial charge on any atom is 0.0624 e. The van der Waals surface area contributed by atoms with Crippen molar-refractivity contribution < 1.29 is 4.74 Å². The van der Waals surface area contributed by atoms with E-state index in [-0.39, 0.29) is 11.5 Å². The topological polar surface area (TPSA) is 51.4 Å². The van der Waals surface area contributed by atoms with Crippen LogP contribution in [0.15, 0.2) is 18.2 Å². The van der Waals surface area contributed by atoms with Crippen LogP contribution in [0.2, 0.25) is 0 Å². The molecule has 1 aliphatic heterocycles. The number of nitrogens with zero attached hydrogens (tertiary/aromatic N) is 2. The molecule has 4 heteroatoms. The Morgan fingerprint density at radius 3 is 2.89 bits per heavy atom. The first kappa shape index (κ1) is 14.4. The lowest BCUT2D eigenvalue weighted by atomic mass is 9.85. The first-order valence-electron chi connectivity index (χ1n) is 7.02. The Hall–Kier alpha value is -0.970. The molecule has 0 saturated carbocycles. The van der Waals surface area contributed by atoms with Gasteiger partial charge in [-0.2, -0.15) is 0 Å². The molecule has 2 heterocycles. The molecule has 106 valence electrons. The predicted molar refractivity (Wildman–Crippen MR) is 76.8 cm³/mol. The SMILES string of the molecule is CCN(Cc1cccc(C)n1)CC1(C)COCC1N. The molecule has 19 heavy (non-hydrogen) atoms. The van der Waals surface area contributed by atoms with Gasteiger partial charge in [-0.1, -0.05) is 19.9 Å². The van der Waals surface area contributed by atoms with Crippen LogP contribution in [0, 0.1) is 12.3 Å². The predicted octanol–water partition coefficient (Wildman–Crippen LogP) is 1.58. The average Bonchev–Trinajstić information content (AvgIpc) is 2.69. The minimum absolute atomic E-state index is 0.0554. The summed E-state index contributed by atoms with van der Waals surface area (Å²) >= 11 is 0. The smallest absolute Gasteiger partial charge is 0.0624 e. The zero-order valence-corrected chi connectivity index (χ0v) is 12.2. The fourth-order valence-electron chi connectivity index (χ4n) is 2.60. The molecule has 4 nitrogen and oxygen atoms in total. The van der Waals surface area contributed by atoms with Gasteiger partial charge in [-0.05, 0) is 25.6 Å². The number of rotatable bonds is 5. The molecule has 0 bridgehead atoms.